The number of aryl methyl sites for hydroxylation is 1. The number of carbonyl (C=O) groups excluding carboxylic acids is 2. The fourth-order valence-corrected chi connectivity index (χ4v) is 5.84. The van der Waals surface area contributed by atoms with Crippen LogP contribution in [-0.4, -0.2) is 82.4 Å². The molecule has 2 aromatic rings. The van der Waals surface area contributed by atoms with Gasteiger partial charge in [0.25, 0.3) is 0 Å². The second-order valence-corrected chi connectivity index (χ2v) is 10.8. The molecule has 0 radical (unpaired) electrons. The van der Waals surface area contributed by atoms with Gasteiger partial charge >= 0.3 is 6.03 Å². The Morgan fingerprint density at radius 3 is 2.46 bits per heavy atom. The van der Waals surface area contributed by atoms with Crippen LogP contribution >= 0.6 is 0 Å². The number of fused-ring (bicyclic) bond motifs is 2. The Bertz CT molecular complexity index is 1090. The quantitative estimate of drug-likeness (QED) is 0.609. The molecule has 1 amide bonds. The Hall–Kier alpha value is -2.71. The number of hydrogen-bond acceptors (Lipinski definition) is 6. The van der Waals surface area contributed by atoms with E-state index in [2.05, 4.69) is 54.0 Å². The number of aromatic nitrogens is 2. The first kappa shape index (κ1) is 24.0. The van der Waals surface area contributed by atoms with Gasteiger partial charge in [0.15, 0.2) is 5.78 Å². The summed E-state index contributed by atoms with van der Waals surface area (Å²) < 4.78 is 7.13. The maximum atomic E-state index is 12.9. The van der Waals surface area contributed by atoms with E-state index in [0.717, 1.165) is 32.6 Å². The van der Waals surface area contributed by atoms with Crippen LogP contribution < -0.4 is 4.90 Å². The highest BCUT2D eigenvalue weighted by atomic mass is 16.5. The minimum absolute atomic E-state index is 0.00239. The number of Topliss-reactive ketones (excluding diaryl/α,β-unsaturated/α-hetero) is 1. The molecule has 3 aliphatic heterocycles. The molecule has 188 valence electrons. The van der Waals surface area contributed by atoms with Crippen molar-refractivity contribution in [2.24, 2.45) is 0 Å². The van der Waals surface area contributed by atoms with Gasteiger partial charge in [0.05, 0.1) is 25.3 Å². The SMILES string of the molecule is CC(=O)c1ccn(C(=O)N2CCC(C)(N(C)Cc3ccc(C)cc3N3C4CCC3COC4)CC2)n1. The van der Waals surface area contributed by atoms with Crippen LogP contribution in [0.3, 0.4) is 0 Å². The van der Waals surface area contributed by atoms with Crippen molar-refractivity contribution in [3.05, 3.63) is 47.3 Å². The van der Waals surface area contributed by atoms with Crippen LogP contribution in [0.15, 0.2) is 30.5 Å². The molecule has 5 rings (SSSR count). The summed E-state index contributed by atoms with van der Waals surface area (Å²) in [6.45, 7) is 9.80. The van der Waals surface area contributed by atoms with Crippen LogP contribution in [0.4, 0.5) is 10.5 Å². The van der Waals surface area contributed by atoms with Gasteiger partial charge in [-0.25, -0.2) is 4.79 Å². The van der Waals surface area contributed by atoms with Gasteiger partial charge in [-0.3, -0.25) is 9.69 Å². The molecule has 2 bridgehead atoms. The predicted octanol–water partition coefficient (Wildman–Crippen LogP) is 3.72. The molecule has 1 aromatic carbocycles. The Morgan fingerprint density at radius 1 is 1.14 bits per heavy atom. The lowest BCUT2D eigenvalue weighted by Crippen LogP contribution is -2.53. The fraction of sp³-hybridized carbons (Fsp3) is 0.593. The molecule has 0 spiro atoms. The van der Waals surface area contributed by atoms with Crippen molar-refractivity contribution in [2.45, 2.75) is 70.6 Å². The third kappa shape index (κ3) is 4.61. The first-order valence-electron chi connectivity index (χ1n) is 12.8. The molecule has 3 fully saturated rings. The van der Waals surface area contributed by atoms with Crippen molar-refractivity contribution in [3.63, 3.8) is 0 Å². The van der Waals surface area contributed by atoms with Crippen molar-refractivity contribution < 1.29 is 14.3 Å². The predicted molar refractivity (Wildman–Crippen MR) is 135 cm³/mol. The normalized spacial score (nSPS) is 23.7. The third-order valence-corrected chi connectivity index (χ3v) is 8.35. The Labute approximate surface area is 207 Å². The maximum absolute atomic E-state index is 12.9. The number of amides is 1. The zero-order valence-electron chi connectivity index (χ0n) is 21.4. The molecule has 35 heavy (non-hydrogen) atoms. The number of nitrogens with zero attached hydrogens (tertiary/aromatic N) is 5. The zero-order valence-corrected chi connectivity index (χ0v) is 21.4. The van der Waals surface area contributed by atoms with Crippen molar-refractivity contribution in [2.75, 3.05) is 38.3 Å². The summed E-state index contributed by atoms with van der Waals surface area (Å²) in [5.41, 5.74) is 4.34. The second kappa shape index (κ2) is 9.39. The molecule has 8 nitrogen and oxygen atoms in total. The number of hydrogen-bond donors (Lipinski definition) is 0. The molecular weight excluding hydrogens is 442 g/mol. The van der Waals surface area contributed by atoms with Gasteiger partial charge in [0, 0.05) is 44.0 Å². The van der Waals surface area contributed by atoms with Crippen molar-refractivity contribution in [1.82, 2.24) is 19.6 Å². The van der Waals surface area contributed by atoms with E-state index in [9.17, 15) is 9.59 Å². The summed E-state index contributed by atoms with van der Waals surface area (Å²) >= 11 is 0. The van der Waals surface area contributed by atoms with Crippen LogP contribution in [0.5, 0.6) is 0 Å². The zero-order chi connectivity index (χ0) is 24.7. The van der Waals surface area contributed by atoms with E-state index in [1.165, 1.54) is 41.3 Å². The van der Waals surface area contributed by atoms with Crippen LogP contribution in [0.1, 0.15) is 61.1 Å². The lowest BCUT2D eigenvalue weighted by atomic mass is 9.87. The van der Waals surface area contributed by atoms with Crippen LogP contribution in [0.25, 0.3) is 0 Å². The number of piperidine rings is 1. The summed E-state index contributed by atoms with van der Waals surface area (Å²) in [6, 6.07) is 9.27. The Balaban J connectivity index is 1.26. The standard InChI is InChI=1S/C27H37N5O3/c1-19-5-6-21(25(15-19)32-22-7-8-23(32)18-35-17-22)16-29(4)27(3)10-13-30(14-11-27)26(34)31-12-9-24(28-31)20(2)33/h5-6,9,12,15,22-23H,7-8,10-11,13-14,16-18H2,1-4H3. The van der Waals surface area contributed by atoms with Gasteiger partial charge in [0.1, 0.15) is 5.69 Å². The van der Waals surface area contributed by atoms with Crippen molar-refractivity contribution >= 4 is 17.5 Å². The summed E-state index contributed by atoms with van der Waals surface area (Å²) in [5, 5.41) is 4.14. The van der Waals surface area contributed by atoms with E-state index >= 15 is 0 Å². The number of anilines is 1. The largest absolute Gasteiger partial charge is 0.377 e. The summed E-state index contributed by atoms with van der Waals surface area (Å²) in [7, 11) is 2.21. The molecule has 0 aliphatic carbocycles. The van der Waals surface area contributed by atoms with Gasteiger partial charge in [-0.05, 0) is 69.8 Å². The van der Waals surface area contributed by atoms with E-state index in [-0.39, 0.29) is 17.4 Å². The highest BCUT2D eigenvalue weighted by Gasteiger charge is 2.40. The highest BCUT2D eigenvalue weighted by Crippen LogP contribution is 2.38. The van der Waals surface area contributed by atoms with Crippen molar-refractivity contribution in [1.29, 1.82) is 0 Å². The second-order valence-electron chi connectivity index (χ2n) is 10.8. The van der Waals surface area contributed by atoms with E-state index in [1.807, 2.05) is 4.90 Å². The Morgan fingerprint density at radius 2 is 1.83 bits per heavy atom. The molecule has 0 N–H and O–H groups in total. The monoisotopic (exact) mass is 479 g/mol. The topological polar surface area (TPSA) is 70.9 Å². The highest BCUT2D eigenvalue weighted by molar-refractivity contribution is 5.92. The molecule has 3 saturated heterocycles. The maximum Gasteiger partial charge on any atom is 0.344 e. The number of ketones is 1. The molecule has 2 atom stereocenters. The lowest BCUT2D eigenvalue weighted by molar-refractivity contribution is 0.0582. The number of rotatable bonds is 5. The van der Waals surface area contributed by atoms with Gasteiger partial charge in [-0.2, -0.15) is 9.78 Å². The first-order chi connectivity index (χ1) is 16.7. The van der Waals surface area contributed by atoms with Gasteiger partial charge in [-0.1, -0.05) is 12.1 Å². The smallest absolute Gasteiger partial charge is 0.344 e. The van der Waals surface area contributed by atoms with Crippen LogP contribution in [0, 0.1) is 6.92 Å². The number of carbonyl (C=O) groups is 2. The molecule has 0 saturated carbocycles. The van der Waals surface area contributed by atoms with Crippen LogP contribution in [0.2, 0.25) is 0 Å². The van der Waals surface area contributed by atoms with Crippen LogP contribution in [-0.2, 0) is 11.3 Å². The van der Waals surface area contributed by atoms with E-state index in [0.29, 0.717) is 30.9 Å². The van der Waals surface area contributed by atoms with Gasteiger partial charge in [-0.15, -0.1) is 0 Å². The molecule has 8 heteroatoms. The van der Waals surface area contributed by atoms with Gasteiger partial charge in [0.2, 0.25) is 0 Å². The van der Waals surface area contributed by atoms with E-state index < -0.39 is 0 Å². The molecule has 4 heterocycles. The van der Waals surface area contributed by atoms with E-state index in [4.69, 9.17) is 4.74 Å². The first-order valence-corrected chi connectivity index (χ1v) is 12.8. The summed E-state index contributed by atoms with van der Waals surface area (Å²) in [5.74, 6) is -0.134. The number of benzene rings is 1. The average Bonchev–Trinajstić information content (AvgIpc) is 3.43. The molecular formula is C27H37N5O3. The molecule has 2 unspecified atom stereocenters. The summed E-state index contributed by atoms with van der Waals surface area (Å²) in [4.78, 5) is 31.4. The number of ether oxygens (including phenoxy) is 1. The summed E-state index contributed by atoms with van der Waals surface area (Å²) in [6.07, 6.45) is 5.77. The lowest BCUT2D eigenvalue weighted by Gasteiger charge is -2.46. The molecule has 3 aliphatic rings. The average molecular weight is 480 g/mol. The number of likely N-dealkylation sites (tertiary alicyclic amines) is 1. The van der Waals surface area contributed by atoms with Gasteiger partial charge < -0.3 is 14.5 Å². The number of morpholine rings is 1. The Kier molecular flexibility index (Phi) is 6.44. The van der Waals surface area contributed by atoms with Crippen molar-refractivity contribution in [3.8, 4) is 0 Å². The third-order valence-electron chi connectivity index (χ3n) is 8.35. The minimum Gasteiger partial charge on any atom is -0.377 e. The fourth-order valence-electron chi connectivity index (χ4n) is 5.84. The van der Waals surface area contributed by atoms with E-state index in [1.54, 1.807) is 12.3 Å². The minimum atomic E-state index is -0.161. The molecule has 1 aromatic heterocycles.